The monoisotopic (exact) mass is 411 g/mol. The van der Waals surface area contributed by atoms with Gasteiger partial charge in [-0.2, -0.15) is 0 Å². The Morgan fingerprint density at radius 1 is 1.14 bits per heavy atom. The summed E-state index contributed by atoms with van der Waals surface area (Å²) in [5.41, 5.74) is 3.88. The van der Waals surface area contributed by atoms with Crippen LogP contribution < -0.4 is 10.1 Å². The number of nitrogens with one attached hydrogen (secondary N) is 1. The summed E-state index contributed by atoms with van der Waals surface area (Å²) in [5, 5.41) is 3.42. The first-order valence-corrected chi connectivity index (χ1v) is 8.39. The fourth-order valence-electron chi connectivity index (χ4n) is 2.43. The van der Waals surface area contributed by atoms with E-state index in [2.05, 4.69) is 74.4 Å². The summed E-state index contributed by atoms with van der Waals surface area (Å²) in [6, 6.07) is 12.9. The van der Waals surface area contributed by atoms with Gasteiger partial charge in [0, 0.05) is 10.5 Å². The van der Waals surface area contributed by atoms with Crippen LogP contribution in [0.25, 0.3) is 0 Å². The van der Waals surface area contributed by atoms with Gasteiger partial charge in [0.05, 0.1) is 11.6 Å². The molecule has 2 aromatic carbocycles. The number of hydrogen-bond acceptors (Lipinski definition) is 2. The van der Waals surface area contributed by atoms with Gasteiger partial charge in [-0.25, -0.2) is 0 Å². The van der Waals surface area contributed by atoms with E-state index in [1.165, 1.54) is 16.7 Å². The summed E-state index contributed by atoms with van der Waals surface area (Å²) in [6.45, 7) is 2.15. The maximum Gasteiger partial charge on any atom is 0.133 e. The zero-order valence-corrected chi connectivity index (χ0v) is 15.6. The minimum atomic E-state index is 0.280. The third kappa shape index (κ3) is 4.09. The number of methoxy groups -OCH3 is 1. The fraction of sp³-hybridized carbons (Fsp3) is 0.294. The van der Waals surface area contributed by atoms with Crippen LogP contribution >= 0.6 is 31.9 Å². The normalized spacial score (nSPS) is 12.2. The van der Waals surface area contributed by atoms with Crippen LogP contribution in [-0.2, 0) is 6.42 Å². The Balaban J connectivity index is 2.26. The van der Waals surface area contributed by atoms with E-state index in [4.69, 9.17) is 4.74 Å². The maximum absolute atomic E-state index is 5.28. The summed E-state index contributed by atoms with van der Waals surface area (Å²) in [7, 11) is 3.69. The van der Waals surface area contributed by atoms with Gasteiger partial charge in [0.1, 0.15) is 5.75 Å². The molecule has 0 saturated heterocycles. The summed E-state index contributed by atoms with van der Waals surface area (Å²) in [6.07, 6.45) is 0.927. The molecule has 0 spiro atoms. The molecular formula is C17H19Br2NO. The predicted molar refractivity (Wildman–Crippen MR) is 95.1 cm³/mol. The Kier molecular flexibility index (Phi) is 5.85. The highest BCUT2D eigenvalue weighted by atomic mass is 79.9. The standard InChI is InChI=1S/C17H19Br2NO/c1-11-4-6-13(18)10-14(11)16(20-2)9-12-5-7-17(21-3)15(19)8-12/h4-8,10,16,20H,9H2,1-3H3. The molecule has 0 radical (unpaired) electrons. The molecule has 1 N–H and O–H groups in total. The van der Waals surface area contributed by atoms with Gasteiger partial charge in [0.25, 0.3) is 0 Å². The first-order chi connectivity index (χ1) is 10.0. The van der Waals surface area contributed by atoms with Crippen molar-refractivity contribution < 1.29 is 4.74 Å². The van der Waals surface area contributed by atoms with E-state index in [0.29, 0.717) is 0 Å². The Bertz CT molecular complexity index is 628. The third-order valence-corrected chi connectivity index (χ3v) is 4.73. The fourth-order valence-corrected chi connectivity index (χ4v) is 3.39. The van der Waals surface area contributed by atoms with E-state index < -0.39 is 0 Å². The van der Waals surface area contributed by atoms with Crippen molar-refractivity contribution in [3.63, 3.8) is 0 Å². The largest absolute Gasteiger partial charge is 0.496 e. The van der Waals surface area contributed by atoms with E-state index in [-0.39, 0.29) is 6.04 Å². The van der Waals surface area contributed by atoms with Gasteiger partial charge in [0.2, 0.25) is 0 Å². The second-order valence-corrected chi connectivity index (χ2v) is 6.79. The molecule has 0 amide bonds. The molecule has 1 unspecified atom stereocenters. The topological polar surface area (TPSA) is 21.3 Å². The first-order valence-electron chi connectivity index (χ1n) is 6.81. The molecule has 0 aromatic heterocycles. The van der Waals surface area contributed by atoms with E-state index in [1.807, 2.05) is 13.1 Å². The molecule has 4 heteroatoms. The van der Waals surface area contributed by atoms with Crippen molar-refractivity contribution in [2.45, 2.75) is 19.4 Å². The van der Waals surface area contributed by atoms with Gasteiger partial charge < -0.3 is 10.1 Å². The Hall–Kier alpha value is -0.840. The summed E-state index contributed by atoms with van der Waals surface area (Å²) < 4.78 is 7.38. The van der Waals surface area contributed by atoms with E-state index in [1.54, 1.807) is 7.11 Å². The average Bonchev–Trinajstić information content (AvgIpc) is 2.47. The van der Waals surface area contributed by atoms with Crippen molar-refractivity contribution >= 4 is 31.9 Å². The van der Waals surface area contributed by atoms with Crippen LogP contribution in [0.4, 0.5) is 0 Å². The van der Waals surface area contributed by atoms with Crippen molar-refractivity contribution in [3.05, 3.63) is 62.0 Å². The van der Waals surface area contributed by atoms with Gasteiger partial charge >= 0.3 is 0 Å². The summed E-state index contributed by atoms with van der Waals surface area (Å²) in [5.74, 6) is 0.860. The van der Waals surface area contributed by atoms with Crippen LogP contribution in [0.15, 0.2) is 45.3 Å². The van der Waals surface area contributed by atoms with Crippen LogP contribution in [0.2, 0.25) is 0 Å². The Morgan fingerprint density at radius 2 is 1.90 bits per heavy atom. The average molecular weight is 413 g/mol. The molecule has 0 saturated carbocycles. The van der Waals surface area contributed by atoms with Crippen LogP contribution in [0.5, 0.6) is 5.75 Å². The molecular weight excluding hydrogens is 394 g/mol. The second-order valence-electron chi connectivity index (χ2n) is 5.02. The van der Waals surface area contributed by atoms with Gasteiger partial charge in [-0.15, -0.1) is 0 Å². The van der Waals surface area contributed by atoms with Crippen molar-refractivity contribution in [1.29, 1.82) is 0 Å². The number of aryl methyl sites for hydroxylation is 1. The maximum atomic E-state index is 5.28. The third-order valence-electron chi connectivity index (χ3n) is 3.62. The molecule has 2 aromatic rings. The lowest BCUT2D eigenvalue weighted by Gasteiger charge is -2.20. The van der Waals surface area contributed by atoms with Gasteiger partial charge in [0.15, 0.2) is 0 Å². The molecule has 0 bridgehead atoms. The van der Waals surface area contributed by atoms with Crippen molar-refractivity contribution in [3.8, 4) is 5.75 Å². The lowest BCUT2D eigenvalue weighted by atomic mass is 9.95. The van der Waals surface area contributed by atoms with E-state index >= 15 is 0 Å². The smallest absolute Gasteiger partial charge is 0.133 e. The molecule has 0 heterocycles. The predicted octanol–water partition coefficient (Wildman–Crippen LogP) is 5.03. The second kappa shape index (κ2) is 7.43. The highest BCUT2D eigenvalue weighted by Gasteiger charge is 2.14. The zero-order chi connectivity index (χ0) is 15.4. The van der Waals surface area contributed by atoms with Gasteiger partial charge in [-0.3, -0.25) is 0 Å². The molecule has 112 valence electrons. The SMILES string of the molecule is CNC(Cc1ccc(OC)c(Br)c1)c1cc(Br)ccc1C. The van der Waals surface area contributed by atoms with Gasteiger partial charge in [-0.05, 0) is 77.3 Å². The molecule has 0 aliphatic rings. The molecule has 2 rings (SSSR count). The van der Waals surface area contributed by atoms with Gasteiger partial charge in [-0.1, -0.05) is 28.1 Å². The lowest BCUT2D eigenvalue weighted by Crippen LogP contribution is -2.19. The highest BCUT2D eigenvalue weighted by molar-refractivity contribution is 9.10. The Morgan fingerprint density at radius 3 is 2.52 bits per heavy atom. The lowest BCUT2D eigenvalue weighted by molar-refractivity contribution is 0.412. The van der Waals surface area contributed by atoms with Crippen molar-refractivity contribution in [2.75, 3.05) is 14.2 Å². The van der Waals surface area contributed by atoms with Crippen LogP contribution in [-0.4, -0.2) is 14.2 Å². The number of hydrogen-bond donors (Lipinski definition) is 1. The van der Waals surface area contributed by atoms with E-state index in [0.717, 1.165) is 21.1 Å². The van der Waals surface area contributed by atoms with E-state index in [9.17, 15) is 0 Å². The summed E-state index contributed by atoms with van der Waals surface area (Å²) in [4.78, 5) is 0. The molecule has 0 aliphatic carbocycles. The van der Waals surface area contributed by atoms with Crippen molar-refractivity contribution in [2.24, 2.45) is 0 Å². The zero-order valence-electron chi connectivity index (χ0n) is 12.4. The number of ether oxygens (including phenoxy) is 1. The first kappa shape index (κ1) is 16.5. The molecule has 2 nitrogen and oxygen atoms in total. The Labute approximate surface area is 143 Å². The van der Waals surface area contributed by atoms with Crippen LogP contribution in [0.3, 0.4) is 0 Å². The van der Waals surface area contributed by atoms with Crippen LogP contribution in [0.1, 0.15) is 22.7 Å². The number of rotatable bonds is 5. The summed E-state index contributed by atoms with van der Waals surface area (Å²) >= 11 is 7.11. The highest BCUT2D eigenvalue weighted by Crippen LogP contribution is 2.29. The minimum absolute atomic E-state index is 0.280. The quantitative estimate of drug-likeness (QED) is 0.743. The number of halogens is 2. The molecule has 1 atom stereocenters. The minimum Gasteiger partial charge on any atom is -0.496 e. The molecule has 0 fully saturated rings. The van der Waals surface area contributed by atoms with Crippen LogP contribution in [0, 0.1) is 6.92 Å². The number of benzene rings is 2. The molecule has 0 aliphatic heterocycles. The number of likely N-dealkylation sites (N-methyl/N-ethyl adjacent to an activating group) is 1. The van der Waals surface area contributed by atoms with Crippen molar-refractivity contribution in [1.82, 2.24) is 5.32 Å². The molecule has 21 heavy (non-hydrogen) atoms.